The molecule has 0 fully saturated rings. The van der Waals surface area contributed by atoms with Crippen molar-refractivity contribution in [2.45, 2.75) is 47.1 Å². The minimum atomic E-state index is -5.42. The van der Waals surface area contributed by atoms with Gasteiger partial charge in [0, 0.05) is 140 Å². The molecule has 6 N–H and O–H groups in total. The van der Waals surface area contributed by atoms with Crippen LogP contribution in [0.25, 0.3) is 90.9 Å². The number of benzene rings is 8. The second kappa shape index (κ2) is 30.2. The Balaban J connectivity index is 1.14. The van der Waals surface area contributed by atoms with E-state index in [1.807, 2.05) is 0 Å². The molecular weight excluding hydrogens is 1480 g/mol. The fourth-order valence-electron chi connectivity index (χ4n) is 14.1. The Morgan fingerprint density at radius 2 is 0.446 bits per heavy atom. The lowest BCUT2D eigenvalue weighted by Gasteiger charge is -2.33. The van der Waals surface area contributed by atoms with Gasteiger partial charge in [-0.05, 0) is 72.8 Å². The lowest BCUT2D eigenvalue weighted by Crippen LogP contribution is -2.53. The van der Waals surface area contributed by atoms with Crippen LogP contribution < -0.4 is 21.3 Å². The Bertz CT molecular complexity index is 5000. The zero-order valence-electron chi connectivity index (χ0n) is 59.1. The van der Waals surface area contributed by atoms with Gasteiger partial charge < -0.3 is 50.2 Å². The third kappa shape index (κ3) is 13.4. The number of H-pyrrole nitrogens is 2. The zero-order valence-corrected chi connectivity index (χ0v) is 59.1. The molecule has 570 valence electrons. The molecule has 4 amide bonds. The third-order valence-electron chi connectivity index (χ3n) is 19.4. The van der Waals surface area contributed by atoms with Crippen LogP contribution >= 0.6 is 0 Å². The van der Waals surface area contributed by atoms with Crippen molar-refractivity contribution in [1.82, 2.24) is 19.9 Å². The van der Waals surface area contributed by atoms with E-state index in [9.17, 15) is 19.2 Å². The second-order valence-corrected chi connectivity index (χ2v) is 25.5. The third-order valence-corrected chi connectivity index (χ3v) is 19.4. The van der Waals surface area contributed by atoms with Crippen molar-refractivity contribution in [3.05, 3.63) is 288 Å². The van der Waals surface area contributed by atoms with Crippen LogP contribution in [0.3, 0.4) is 0 Å². The van der Waals surface area contributed by atoms with Crippen LogP contribution in [0, 0.1) is 0 Å². The van der Waals surface area contributed by atoms with E-state index in [1.165, 1.54) is 218 Å². The molecule has 2 aliphatic rings. The summed E-state index contributed by atoms with van der Waals surface area (Å²) in [7, 11) is 2.85. The van der Waals surface area contributed by atoms with Crippen LogP contribution in [0.5, 0.6) is 0 Å². The van der Waals surface area contributed by atoms with E-state index in [0.29, 0.717) is 28.4 Å². The molecule has 11 aromatic rings. The minimum Gasteiger partial charge on any atom is -0.356 e. The highest BCUT2D eigenvalue weighted by molar-refractivity contribution is 6.10. The monoisotopic (exact) mass is 1540 g/mol. The number of nitrogens with zero attached hydrogens (tertiary/aromatic N) is 2. The van der Waals surface area contributed by atoms with Gasteiger partial charge in [-0.3, -0.25) is 19.2 Å². The number of alkyl halides is 12. The van der Waals surface area contributed by atoms with Gasteiger partial charge >= 0.3 is 24.7 Å². The highest BCUT2D eigenvalue weighted by atomic mass is 19.4. The fourth-order valence-corrected chi connectivity index (χ4v) is 14.1. The van der Waals surface area contributed by atoms with Gasteiger partial charge in [-0.2, -0.15) is 52.7 Å². The van der Waals surface area contributed by atoms with Gasteiger partial charge in [0.05, 0.1) is 22.8 Å². The maximum atomic E-state index is 15.8. The zero-order chi connectivity index (χ0) is 79.8. The number of anilines is 4. The van der Waals surface area contributed by atoms with Gasteiger partial charge in [0.2, 0.25) is 0 Å². The Morgan fingerprint density at radius 1 is 0.268 bits per heavy atom. The number of carbonyl (C=O) groups is 4. The number of fused-ring (bicyclic) bond motifs is 8. The summed E-state index contributed by atoms with van der Waals surface area (Å²) in [5.41, 5.74) is -18.3. The van der Waals surface area contributed by atoms with Crippen molar-refractivity contribution < 1.29 is 90.8 Å². The van der Waals surface area contributed by atoms with Crippen LogP contribution in [-0.4, -0.2) is 96.7 Å². The van der Waals surface area contributed by atoms with E-state index in [4.69, 9.17) is 28.9 Å². The molecule has 13 rings (SSSR count). The van der Waals surface area contributed by atoms with E-state index >= 15 is 52.7 Å². The van der Waals surface area contributed by atoms with E-state index in [0.717, 1.165) is 48.5 Å². The molecule has 8 bridgehead atoms. The Labute approximate surface area is 629 Å². The number of hydrogen-bond donors (Lipinski definition) is 6. The number of amides is 4. The SMILES string of the molecule is CO[C@](C(=O)Nc1ccccc1-c1c2nc(c(-c3ccccc3NC(=O)[C@@](OC)(c3ccccc3)C(F)(F)F)c3ccc([nH]3)c(-c3ccccc3NC(=O)[C@@](OC)(c3ccccc3)C(F)(F)F)c3nc(c(-c4ccccc4NC(=O)[C@@](OC)(c4ccccc4)C(F)(F)F)c4ccc1[nH]4)C=C3)C=C2)(c1ccccc1)C(F)(F)F. The Morgan fingerprint density at radius 3 is 0.625 bits per heavy atom. The molecule has 0 unspecified atom stereocenters. The van der Waals surface area contributed by atoms with Gasteiger partial charge in [-0.15, -0.1) is 0 Å². The van der Waals surface area contributed by atoms with Gasteiger partial charge in [0.1, 0.15) is 0 Å². The smallest absolute Gasteiger partial charge is 0.356 e. The molecule has 5 heterocycles. The summed E-state index contributed by atoms with van der Waals surface area (Å²) in [5.74, 6) is -6.81. The Kier molecular flexibility index (Phi) is 20.9. The molecule has 8 aromatic carbocycles. The fraction of sp³-hybridized carbons (Fsp3) is 0.143. The highest BCUT2D eigenvalue weighted by Crippen LogP contribution is 2.51. The standard InChI is InChI=1S/C84H62F12N8O8/c1-109-77(81(85,86)87,49-25-9-5-10-26-49)73(105)101-57-37-21-17-33-53(57)69-61-41-43-63(97-61)70(54-34-18-22-38-58(54)102-74(106)78(110-2,82(88,89)90)50-27-11-6-12-28-50)65-45-47-67(99-65)72(56-36-20-24-40-60(56)104-76(108)80(112-4,84(94,95)96)52-31-15-8-16-32-52)68-48-46-66(100-68)71(64-44-42-62(69)98-64)55-35-19-23-39-59(55)103-75(107)79(111-3,83(91,92)93)51-29-13-7-14-30-51/h5-48,97,100H,1-4H3,(H,101,105)(H,102,106)(H,103,107)(H,104,108)/t77-,78-,79-,80-/m0/s1. The van der Waals surface area contributed by atoms with Crippen molar-refractivity contribution in [2.24, 2.45) is 0 Å². The first kappa shape index (κ1) is 77.4. The Hall–Kier alpha value is -12.8. The number of carbonyl (C=O) groups excluding carboxylic acids is 4. The molecule has 2 aliphatic heterocycles. The average Bonchev–Trinajstić information content (AvgIpc) is 0.820. The van der Waals surface area contributed by atoms with E-state index in [-0.39, 0.29) is 112 Å². The van der Waals surface area contributed by atoms with Crippen molar-refractivity contribution in [3.8, 4) is 44.5 Å². The molecule has 0 spiro atoms. The quantitative estimate of drug-likeness (QED) is 0.0398. The van der Waals surface area contributed by atoms with Crippen molar-refractivity contribution in [2.75, 3.05) is 49.7 Å². The number of rotatable bonds is 20. The summed E-state index contributed by atoms with van der Waals surface area (Å²) in [4.78, 5) is 76.5. The molecule has 4 atom stereocenters. The summed E-state index contributed by atoms with van der Waals surface area (Å²) in [6.45, 7) is 0. The lowest BCUT2D eigenvalue weighted by molar-refractivity contribution is -0.264. The summed E-state index contributed by atoms with van der Waals surface area (Å²) < 4.78 is 210. The van der Waals surface area contributed by atoms with Gasteiger partial charge in [-0.25, -0.2) is 9.97 Å². The van der Waals surface area contributed by atoms with Crippen molar-refractivity contribution in [1.29, 1.82) is 0 Å². The van der Waals surface area contributed by atoms with Crippen molar-refractivity contribution in [3.63, 3.8) is 0 Å². The number of aromatic amines is 2. The largest absolute Gasteiger partial charge is 0.430 e. The molecule has 16 nitrogen and oxygen atoms in total. The summed E-state index contributed by atoms with van der Waals surface area (Å²) in [6.07, 6.45) is -15.8. The molecule has 0 radical (unpaired) electrons. The molecule has 3 aromatic heterocycles. The topological polar surface area (TPSA) is 211 Å². The molecule has 112 heavy (non-hydrogen) atoms. The molecule has 0 saturated heterocycles. The highest BCUT2D eigenvalue weighted by Gasteiger charge is 2.66. The first-order valence-corrected chi connectivity index (χ1v) is 34.0. The number of nitrogens with one attached hydrogen (secondary N) is 6. The molecule has 0 saturated carbocycles. The van der Waals surface area contributed by atoms with E-state index in [2.05, 4.69) is 31.2 Å². The maximum Gasteiger partial charge on any atom is 0.430 e. The normalized spacial score (nSPS) is 14.6. The van der Waals surface area contributed by atoms with Gasteiger partial charge in [0.15, 0.2) is 0 Å². The number of methoxy groups -OCH3 is 4. The minimum absolute atomic E-state index is 0.000761. The first-order chi connectivity index (χ1) is 53.5. The van der Waals surface area contributed by atoms with Crippen LogP contribution in [0.1, 0.15) is 45.0 Å². The number of aromatic nitrogens is 4. The predicted molar refractivity (Wildman–Crippen MR) is 400 cm³/mol. The van der Waals surface area contributed by atoms with Crippen LogP contribution in [-0.2, 0) is 60.5 Å². The average molecular weight is 1540 g/mol. The van der Waals surface area contributed by atoms with Crippen LogP contribution in [0.15, 0.2) is 243 Å². The number of para-hydroxylation sites is 4. The number of hydrogen-bond acceptors (Lipinski definition) is 10. The van der Waals surface area contributed by atoms with Gasteiger partial charge in [0.25, 0.3) is 46.0 Å². The summed E-state index contributed by atoms with van der Waals surface area (Å²) in [6, 6.07) is 53.0. The first-order valence-electron chi connectivity index (χ1n) is 34.0. The van der Waals surface area contributed by atoms with Crippen LogP contribution in [0.2, 0.25) is 0 Å². The lowest BCUT2D eigenvalue weighted by atomic mass is 9.91. The number of ether oxygens (including phenoxy) is 4. The van der Waals surface area contributed by atoms with E-state index in [1.54, 1.807) is 0 Å². The van der Waals surface area contributed by atoms with Crippen LogP contribution in [0.4, 0.5) is 75.4 Å². The molecule has 0 aliphatic carbocycles. The summed E-state index contributed by atoms with van der Waals surface area (Å²) in [5, 5.41) is 9.87. The predicted octanol–water partition coefficient (Wildman–Crippen LogP) is 19.5. The second-order valence-electron chi connectivity index (χ2n) is 25.5. The molecular formula is C84H62F12N8O8. The van der Waals surface area contributed by atoms with Gasteiger partial charge in [-0.1, -0.05) is 194 Å². The maximum absolute atomic E-state index is 15.8. The van der Waals surface area contributed by atoms with Crippen molar-refractivity contribution >= 4 is 92.7 Å². The number of halogens is 12. The molecule has 28 heteroatoms. The summed E-state index contributed by atoms with van der Waals surface area (Å²) >= 11 is 0. The van der Waals surface area contributed by atoms with E-state index < -0.39 is 93.0 Å².